The molecule has 0 radical (unpaired) electrons. The molecule has 1 atom stereocenters. The summed E-state index contributed by atoms with van der Waals surface area (Å²) in [6, 6.07) is 10.5. The van der Waals surface area contributed by atoms with Crippen LogP contribution in [0.1, 0.15) is 35.2 Å². The van der Waals surface area contributed by atoms with Gasteiger partial charge in [-0.3, -0.25) is 4.79 Å². The third-order valence-electron chi connectivity index (χ3n) is 4.10. The van der Waals surface area contributed by atoms with Gasteiger partial charge in [-0.25, -0.2) is 0 Å². The van der Waals surface area contributed by atoms with Crippen LogP contribution >= 0.6 is 0 Å². The molecule has 6 heteroatoms. The van der Waals surface area contributed by atoms with Crippen molar-refractivity contribution in [3.63, 3.8) is 0 Å². The highest BCUT2D eigenvalue weighted by atomic mass is 16.5. The van der Waals surface area contributed by atoms with Gasteiger partial charge < -0.3 is 20.0 Å². The number of benzene rings is 1. The monoisotopic (exact) mass is 342 g/mol. The molecule has 2 aromatic rings. The summed E-state index contributed by atoms with van der Waals surface area (Å²) >= 11 is 0. The molecular formula is C19H22N2O4. The van der Waals surface area contributed by atoms with E-state index < -0.39 is 0 Å². The van der Waals surface area contributed by atoms with Gasteiger partial charge in [0.05, 0.1) is 24.9 Å². The fourth-order valence-electron chi connectivity index (χ4n) is 2.75. The van der Waals surface area contributed by atoms with Crippen LogP contribution in [0.3, 0.4) is 0 Å². The standard InChI is InChI=1S/C19H22N2O4/c22-19(16-7-9-21(23)10-8-16)20-17-5-3-4-15(12-17)13-24-14-18-6-1-2-11-25-18/h3-5,7-10,12,18H,1-2,6,11,13-14H2,(H,20,22). The Balaban J connectivity index is 1.52. The number of nitrogens with zero attached hydrogens (tertiary/aromatic N) is 1. The molecule has 3 rings (SSSR count). The van der Waals surface area contributed by atoms with E-state index in [1.807, 2.05) is 24.3 Å². The maximum Gasteiger partial charge on any atom is 0.256 e. The lowest BCUT2D eigenvalue weighted by Gasteiger charge is -2.22. The highest BCUT2D eigenvalue weighted by molar-refractivity contribution is 6.04. The average molecular weight is 342 g/mol. The normalized spacial score (nSPS) is 17.2. The van der Waals surface area contributed by atoms with Gasteiger partial charge in [0.15, 0.2) is 12.4 Å². The van der Waals surface area contributed by atoms with E-state index in [-0.39, 0.29) is 12.0 Å². The Bertz CT molecular complexity index is 697. The minimum absolute atomic E-state index is 0.193. The van der Waals surface area contributed by atoms with E-state index in [0.29, 0.717) is 29.2 Å². The molecule has 2 heterocycles. The van der Waals surface area contributed by atoms with E-state index in [0.717, 1.165) is 25.0 Å². The first-order valence-electron chi connectivity index (χ1n) is 8.49. The fraction of sp³-hybridized carbons (Fsp3) is 0.368. The van der Waals surface area contributed by atoms with Gasteiger partial charge in [-0.15, -0.1) is 0 Å². The SMILES string of the molecule is O=C(Nc1cccc(COCC2CCCCO2)c1)c1cc[n+]([O-])cc1. The van der Waals surface area contributed by atoms with Crippen LogP contribution in [0.15, 0.2) is 48.8 Å². The van der Waals surface area contributed by atoms with Gasteiger partial charge in [0.1, 0.15) is 0 Å². The first kappa shape index (κ1) is 17.4. The number of hydrogen-bond acceptors (Lipinski definition) is 4. The van der Waals surface area contributed by atoms with Crippen molar-refractivity contribution in [2.75, 3.05) is 18.5 Å². The molecule has 132 valence electrons. The Hall–Kier alpha value is -2.44. The van der Waals surface area contributed by atoms with Crippen molar-refractivity contribution >= 4 is 11.6 Å². The van der Waals surface area contributed by atoms with E-state index in [2.05, 4.69) is 5.32 Å². The molecule has 1 fully saturated rings. The van der Waals surface area contributed by atoms with E-state index in [1.54, 1.807) is 0 Å². The number of pyridine rings is 1. The van der Waals surface area contributed by atoms with Crippen LogP contribution in [0.5, 0.6) is 0 Å². The number of carbonyl (C=O) groups excluding carboxylic acids is 1. The van der Waals surface area contributed by atoms with E-state index in [9.17, 15) is 10.0 Å². The van der Waals surface area contributed by atoms with Crippen LogP contribution in [0.25, 0.3) is 0 Å². The van der Waals surface area contributed by atoms with E-state index in [1.165, 1.54) is 30.9 Å². The van der Waals surface area contributed by atoms with Gasteiger partial charge in [-0.05, 0) is 37.0 Å². The highest BCUT2D eigenvalue weighted by Crippen LogP contribution is 2.15. The number of nitrogens with one attached hydrogen (secondary N) is 1. The molecule has 1 N–H and O–H groups in total. The molecule has 0 spiro atoms. The van der Waals surface area contributed by atoms with Crippen LogP contribution < -0.4 is 10.0 Å². The summed E-state index contributed by atoms with van der Waals surface area (Å²) in [6.07, 6.45) is 6.17. The van der Waals surface area contributed by atoms with Crippen molar-refractivity contribution in [3.8, 4) is 0 Å². The summed E-state index contributed by atoms with van der Waals surface area (Å²) in [7, 11) is 0. The van der Waals surface area contributed by atoms with Gasteiger partial charge >= 0.3 is 0 Å². The predicted octanol–water partition coefficient (Wildman–Crippen LogP) is 2.66. The molecule has 1 unspecified atom stereocenters. The first-order valence-corrected chi connectivity index (χ1v) is 8.49. The molecule has 1 aromatic heterocycles. The van der Waals surface area contributed by atoms with Gasteiger partial charge in [-0.2, -0.15) is 4.73 Å². The average Bonchev–Trinajstić information content (AvgIpc) is 2.63. The molecule has 1 aliphatic heterocycles. The lowest BCUT2D eigenvalue weighted by molar-refractivity contribution is -0.605. The molecule has 25 heavy (non-hydrogen) atoms. The lowest BCUT2D eigenvalue weighted by atomic mass is 10.1. The Kier molecular flexibility index (Phi) is 5.98. The highest BCUT2D eigenvalue weighted by Gasteiger charge is 2.13. The second kappa shape index (κ2) is 8.60. The van der Waals surface area contributed by atoms with Gasteiger partial charge in [-0.1, -0.05) is 12.1 Å². The van der Waals surface area contributed by atoms with Gasteiger partial charge in [0.25, 0.3) is 5.91 Å². The van der Waals surface area contributed by atoms with Crippen molar-refractivity contribution in [2.45, 2.75) is 32.0 Å². The molecule has 1 amide bonds. The second-order valence-electron chi connectivity index (χ2n) is 6.10. The molecule has 0 bridgehead atoms. The largest absolute Gasteiger partial charge is 0.619 e. The van der Waals surface area contributed by atoms with Crippen molar-refractivity contribution in [2.24, 2.45) is 0 Å². The Morgan fingerprint density at radius 1 is 1.28 bits per heavy atom. The summed E-state index contributed by atoms with van der Waals surface area (Å²) in [5.74, 6) is -0.255. The zero-order valence-corrected chi connectivity index (χ0v) is 14.0. The molecule has 6 nitrogen and oxygen atoms in total. The van der Waals surface area contributed by atoms with Crippen LogP contribution in [-0.2, 0) is 16.1 Å². The molecule has 1 saturated heterocycles. The van der Waals surface area contributed by atoms with Gasteiger partial charge in [0, 0.05) is 24.4 Å². The van der Waals surface area contributed by atoms with Crippen molar-refractivity contribution in [1.82, 2.24) is 0 Å². The zero-order valence-electron chi connectivity index (χ0n) is 14.0. The summed E-state index contributed by atoms with van der Waals surface area (Å²) in [5, 5.41) is 13.9. The lowest BCUT2D eigenvalue weighted by Crippen LogP contribution is -2.25. The molecule has 0 aliphatic carbocycles. The predicted molar refractivity (Wildman–Crippen MR) is 93.0 cm³/mol. The quantitative estimate of drug-likeness (QED) is 0.647. The smallest absolute Gasteiger partial charge is 0.256 e. The number of anilines is 1. The number of amides is 1. The van der Waals surface area contributed by atoms with Crippen LogP contribution in [0, 0.1) is 5.21 Å². The second-order valence-corrected chi connectivity index (χ2v) is 6.10. The van der Waals surface area contributed by atoms with Crippen LogP contribution in [-0.4, -0.2) is 25.2 Å². The Labute approximate surface area is 147 Å². The molecule has 1 aromatic carbocycles. The number of aromatic nitrogens is 1. The first-order chi connectivity index (χ1) is 12.2. The Morgan fingerprint density at radius 3 is 2.88 bits per heavy atom. The third-order valence-corrected chi connectivity index (χ3v) is 4.10. The van der Waals surface area contributed by atoms with E-state index in [4.69, 9.17) is 9.47 Å². The van der Waals surface area contributed by atoms with Crippen molar-refractivity contribution in [1.29, 1.82) is 0 Å². The van der Waals surface area contributed by atoms with Gasteiger partial charge in [0.2, 0.25) is 0 Å². The fourth-order valence-corrected chi connectivity index (χ4v) is 2.75. The molecule has 1 aliphatic rings. The molecular weight excluding hydrogens is 320 g/mol. The maximum atomic E-state index is 12.2. The van der Waals surface area contributed by atoms with Crippen molar-refractivity contribution in [3.05, 3.63) is 65.1 Å². The van der Waals surface area contributed by atoms with E-state index >= 15 is 0 Å². The third kappa shape index (κ3) is 5.27. The number of hydrogen-bond donors (Lipinski definition) is 1. The number of carbonyl (C=O) groups is 1. The minimum atomic E-state index is -0.255. The minimum Gasteiger partial charge on any atom is -0.619 e. The maximum absolute atomic E-state index is 12.2. The molecule has 0 saturated carbocycles. The number of rotatable bonds is 6. The summed E-state index contributed by atoms with van der Waals surface area (Å²) in [5.41, 5.74) is 2.11. The van der Waals surface area contributed by atoms with Crippen LogP contribution in [0.2, 0.25) is 0 Å². The summed E-state index contributed by atoms with van der Waals surface area (Å²) < 4.78 is 12.0. The topological polar surface area (TPSA) is 74.5 Å². The zero-order chi connectivity index (χ0) is 17.5. The Morgan fingerprint density at radius 2 is 2.12 bits per heavy atom. The van der Waals surface area contributed by atoms with Crippen molar-refractivity contribution < 1.29 is 19.0 Å². The number of ether oxygens (including phenoxy) is 2. The van der Waals surface area contributed by atoms with Crippen LogP contribution in [0.4, 0.5) is 5.69 Å². The summed E-state index contributed by atoms with van der Waals surface area (Å²) in [6.45, 7) is 1.89. The summed E-state index contributed by atoms with van der Waals surface area (Å²) in [4.78, 5) is 12.2.